The first-order valence-corrected chi connectivity index (χ1v) is 11.9. The minimum absolute atomic E-state index is 0.129. The molecular weight excluding hydrogens is 446 g/mol. The Morgan fingerprint density at radius 1 is 1.16 bits per heavy atom. The number of anilines is 3. The van der Waals surface area contributed by atoms with Crippen molar-refractivity contribution in [3.05, 3.63) is 58.6 Å². The van der Waals surface area contributed by atoms with Gasteiger partial charge in [-0.2, -0.15) is 0 Å². The Hall–Kier alpha value is -2.92. The van der Waals surface area contributed by atoms with Gasteiger partial charge in [-0.25, -0.2) is 9.97 Å². The summed E-state index contributed by atoms with van der Waals surface area (Å²) in [6, 6.07) is 9.34. The van der Waals surface area contributed by atoms with Crippen LogP contribution in [0.15, 0.2) is 47.2 Å². The van der Waals surface area contributed by atoms with Gasteiger partial charge in [0.2, 0.25) is 11.8 Å². The molecule has 3 aromatic rings. The van der Waals surface area contributed by atoms with Crippen molar-refractivity contribution < 1.29 is 14.3 Å². The van der Waals surface area contributed by atoms with Gasteiger partial charge >= 0.3 is 0 Å². The molecule has 1 aliphatic heterocycles. The van der Waals surface area contributed by atoms with Crippen LogP contribution in [0.2, 0.25) is 0 Å². The van der Waals surface area contributed by atoms with E-state index >= 15 is 0 Å². The molecule has 0 bridgehead atoms. The number of carbonyl (C=O) groups is 2. The first-order chi connectivity index (χ1) is 15.6. The molecule has 1 fully saturated rings. The van der Waals surface area contributed by atoms with Crippen LogP contribution >= 0.6 is 22.7 Å². The third-order valence-corrected chi connectivity index (χ3v) is 6.36. The van der Waals surface area contributed by atoms with E-state index < -0.39 is 0 Å². The van der Waals surface area contributed by atoms with Gasteiger partial charge in [0.05, 0.1) is 30.3 Å². The topological polar surface area (TPSA) is 87.7 Å². The van der Waals surface area contributed by atoms with E-state index in [1.54, 1.807) is 11.0 Å². The molecule has 0 saturated carbocycles. The van der Waals surface area contributed by atoms with Crippen LogP contribution in [-0.2, 0) is 20.9 Å². The minimum atomic E-state index is -0.279. The number of morpholine rings is 1. The Labute approximate surface area is 194 Å². The molecule has 32 heavy (non-hydrogen) atoms. The normalized spacial score (nSPS) is 14.5. The lowest BCUT2D eigenvalue weighted by molar-refractivity contribution is -0.116. The zero-order valence-electron chi connectivity index (χ0n) is 17.6. The third kappa shape index (κ3) is 5.86. The van der Waals surface area contributed by atoms with Crippen molar-refractivity contribution in [3.63, 3.8) is 0 Å². The lowest BCUT2D eigenvalue weighted by atomic mass is 10.3. The van der Waals surface area contributed by atoms with Gasteiger partial charge in [0.15, 0.2) is 10.3 Å². The maximum atomic E-state index is 12.3. The monoisotopic (exact) mass is 469 g/mol. The van der Waals surface area contributed by atoms with Gasteiger partial charge in [-0.05, 0) is 18.2 Å². The average Bonchev–Trinajstić information content (AvgIpc) is 3.43. The van der Waals surface area contributed by atoms with Crippen molar-refractivity contribution in [2.75, 3.05) is 36.5 Å². The van der Waals surface area contributed by atoms with Gasteiger partial charge in [0, 0.05) is 43.4 Å². The molecule has 1 aromatic carbocycles. The molecule has 4 rings (SSSR count). The second-order valence-electron chi connectivity index (χ2n) is 7.10. The number of nitrogens with zero attached hydrogens (tertiary/aromatic N) is 4. The number of nitrogens with one attached hydrogen (secondary N) is 1. The van der Waals surface area contributed by atoms with Crippen LogP contribution in [0.1, 0.15) is 18.3 Å². The summed E-state index contributed by atoms with van der Waals surface area (Å²) in [5.41, 5.74) is 2.29. The van der Waals surface area contributed by atoms with Crippen molar-refractivity contribution in [1.29, 1.82) is 0 Å². The predicted octanol–water partition coefficient (Wildman–Crippen LogP) is 3.77. The van der Waals surface area contributed by atoms with E-state index in [2.05, 4.69) is 20.2 Å². The zero-order chi connectivity index (χ0) is 22.3. The highest BCUT2D eigenvalue weighted by Gasteiger charge is 2.17. The molecule has 2 aromatic heterocycles. The quantitative estimate of drug-likeness (QED) is 0.530. The van der Waals surface area contributed by atoms with E-state index in [-0.39, 0.29) is 11.8 Å². The number of thiazole rings is 2. The molecular formula is C22H23N5O3S2. The van der Waals surface area contributed by atoms with E-state index in [4.69, 9.17) is 4.74 Å². The summed E-state index contributed by atoms with van der Waals surface area (Å²) in [5.74, 6) is -0.409. The van der Waals surface area contributed by atoms with Gasteiger partial charge in [-0.15, -0.1) is 22.7 Å². The molecule has 8 nitrogen and oxygen atoms in total. The van der Waals surface area contributed by atoms with Crippen LogP contribution in [-0.4, -0.2) is 53.0 Å². The zero-order valence-corrected chi connectivity index (χ0v) is 19.2. The summed E-state index contributed by atoms with van der Waals surface area (Å²) < 4.78 is 5.36. The van der Waals surface area contributed by atoms with Gasteiger partial charge in [0.1, 0.15) is 0 Å². The highest BCUT2D eigenvalue weighted by Crippen LogP contribution is 2.29. The standard InChI is InChI=1S/C22H23N5O3S2/c1-16(28)27(19-5-3-2-4-6-19)22-24-17(14-32-22)7-8-20(29)25-21-23-18(15-31-21)13-26-9-11-30-12-10-26/h2-8,14-15H,9-13H2,1H3,(H,23,25,29)/b8-7+. The largest absolute Gasteiger partial charge is 0.379 e. The molecule has 1 saturated heterocycles. The lowest BCUT2D eigenvalue weighted by Crippen LogP contribution is -2.35. The predicted molar refractivity (Wildman–Crippen MR) is 127 cm³/mol. The summed E-state index contributed by atoms with van der Waals surface area (Å²) in [6.07, 6.45) is 3.05. The maximum absolute atomic E-state index is 12.3. The Morgan fingerprint density at radius 2 is 1.94 bits per heavy atom. The molecule has 0 atom stereocenters. The highest BCUT2D eigenvalue weighted by molar-refractivity contribution is 7.14. The Bertz CT molecular complexity index is 1090. The van der Waals surface area contributed by atoms with Crippen LogP contribution in [0.25, 0.3) is 6.08 Å². The molecule has 10 heteroatoms. The van der Waals surface area contributed by atoms with E-state index in [0.717, 1.165) is 44.2 Å². The lowest BCUT2D eigenvalue weighted by Gasteiger charge is -2.25. The van der Waals surface area contributed by atoms with Gasteiger partial charge < -0.3 is 4.74 Å². The van der Waals surface area contributed by atoms with E-state index in [0.29, 0.717) is 16.0 Å². The second-order valence-corrected chi connectivity index (χ2v) is 8.79. The van der Waals surface area contributed by atoms with Crippen molar-refractivity contribution in [3.8, 4) is 0 Å². The third-order valence-electron chi connectivity index (χ3n) is 4.71. The maximum Gasteiger partial charge on any atom is 0.250 e. The van der Waals surface area contributed by atoms with Crippen LogP contribution in [0.3, 0.4) is 0 Å². The first kappa shape index (κ1) is 22.3. The SMILES string of the molecule is CC(=O)N(c1ccccc1)c1nc(/C=C/C(=O)Nc2nc(CN3CCOCC3)cs2)cs1. The highest BCUT2D eigenvalue weighted by atomic mass is 32.1. The number of benzene rings is 1. The fraction of sp³-hybridized carbons (Fsp3) is 0.273. The number of aromatic nitrogens is 2. The number of hydrogen-bond donors (Lipinski definition) is 1. The molecule has 0 unspecified atom stereocenters. The second kappa shape index (κ2) is 10.6. The van der Waals surface area contributed by atoms with Crippen LogP contribution < -0.4 is 10.2 Å². The number of amides is 2. The van der Waals surface area contributed by atoms with E-state index in [1.165, 1.54) is 35.7 Å². The summed E-state index contributed by atoms with van der Waals surface area (Å²) in [5, 5.41) is 7.68. The molecule has 1 N–H and O–H groups in total. The molecule has 3 heterocycles. The number of rotatable bonds is 7. The Morgan fingerprint density at radius 3 is 2.69 bits per heavy atom. The number of hydrogen-bond acceptors (Lipinski definition) is 8. The number of para-hydroxylation sites is 1. The molecule has 1 aliphatic rings. The molecule has 0 spiro atoms. The van der Waals surface area contributed by atoms with Gasteiger partial charge in [-0.3, -0.25) is 24.7 Å². The Balaban J connectivity index is 1.35. The van der Waals surface area contributed by atoms with Gasteiger partial charge in [0.25, 0.3) is 0 Å². The number of carbonyl (C=O) groups excluding carboxylic acids is 2. The van der Waals surface area contributed by atoms with Crippen LogP contribution in [0.5, 0.6) is 0 Å². The fourth-order valence-corrected chi connectivity index (χ4v) is 4.75. The number of ether oxygens (including phenoxy) is 1. The summed E-state index contributed by atoms with van der Waals surface area (Å²) >= 11 is 2.75. The van der Waals surface area contributed by atoms with E-state index in [1.807, 2.05) is 41.1 Å². The molecule has 2 amide bonds. The smallest absolute Gasteiger partial charge is 0.250 e. The first-order valence-electron chi connectivity index (χ1n) is 10.1. The van der Waals surface area contributed by atoms with Gasteiger partial charge in [-0.1, -0.05) is 18.2 Å². The minimum Gasteiger partial charge on any atom is -0.379 e. The molecule has 0 aliphatic carbocycles. The van der Waals surface area contributed by atoms with Crippen LogP contribution in [0.4, 0.5) is 16.0 Å². The molecule has 0 radical (unpaired) electrons. The molecule has 166 valence electrons. The van der Waals surface area contributed by atoms with Crippen molar-refractivity contribution in [1.82, 2.24) is 14.9 Å². The fourth-order valence-electron chi connectivity index (χ4n) is 3.19. The Kier molecular flexibility index (Phi) is 7.38. The average molecular weight is 470 g/mol. The van der Waals surface area contributed by atoms with Crippen molar-refractivity contribution in [2.45, 2.75) is 13.5 Å². The summed E-state index contributed by atoms with van der Waals surface area (Å²) in [6.45, 7) is 5.52. The summed E-state index contributed by atoms with van der Waals surface area (Å²) in [4.78, 5) is 37.3. The summed E-state index contributed by atoms with van der Waals surface area (Å²) in [7, 11) is 0. The van der Waals surface area contributed by atoms with Crippen molar-refractivity contribution in [2.24, 2.45) is 0 Å². The van der Waals surface area contributed by atoms with E-state index in [9.17, 15) is 9.59 Å². The van der Waals surface area contributed by atoms with Crippen LogP contribution in [0, 0.1) is 0 Å². The van der Waals surface area contributed by atoms with Crippen molar-refractivity contribution >= 4 is 56.5 Å².